The number of likely N-dealkylation sites (tertiary alicyclic amines) is 2. The van der Waals surface area contributed by atoms with E-state index < -0.39 is 0 Å². The third-order valence-electron chi connectivity index (χ3n) is 5.69. The number of rotatable bonds is 3. The quantitative estimate of drug-likeness (QED) is 0.917. The van der Waals surface area contributed by atoms with Crippen LogP contribution in [0.3, 0.4) is 0 Å². The molecule has 1 aromatic rings. The maximum Gasteiger partial charge on any atom is 0.0242 e. The number of hydrogen-bond acceptors (Lipinski definition) is 3. The van der Waals surface area contributed by atoms with Gasteiger partial charge in [-0.2, -0.15) is 0 Å². The molecule has 3 aliphatic rings. The lowest BCUT2D eigenvalue weighted by Crippen LogP contribution is -2.54. The highest BCUT2D eigenvalue weighted by Crippen LogP contribution is 2.35. The molecule has 3 saturated heterocycles. The Morgan fingerprint density at radius 2 is 1.90 bits per heavy atom. The molecule has 1 N–H and O–H groups in total. The van der Waals surface area contributed by atoms with E-state index in [9.17, 15) is 0 Å². The molecule has 4 rings (SSSR count). The minimum atomic E-state index is 0.697. The van der Waals surface area contributed by atoms with Gasteiger partial charge < -0.3 is 5.32 Å². The molecule has 0 radical (unpaired) electrons. The molecule has 3 heteroatoms. The van der Waals surface area contributed by atoms with Crippen LogP contribution >= 0.6 is 0 Å². The van der Waals surface area contributed by atoms with Crippen molar-refractivity contribution < 1.29 is 0 Å². The molecule has 3 heterocycles. The number of fused-ring (bicyclic) bond motifs is 2. The van der Waals surface area contributed by atoms with Gasteiger partial charge in [0.05, 0.1) is 0 Å². The van der Waals surface area contributed by atoms with Gasteiger partial charge in [-0.1, -0.05) is 30.3 Å². The molecule has 3 fully saturated rings. The molecular formula is C18H27N3. The Bertz CT molecular complexity index is 475. The summed E-state index contributed by atoms with van der Waals surface area (Å²) < 4.78 is 0. The molecule has 4 atom stereocenters. The van der Waals surface area contributed by atoms with E-state index in [1.165, 1.54) is 44.5 Å². The summed E-state index contributed by atoms with van der Waals surface area (Å²) >= 11 is 0. The molecule has 114 valence electrons. The largest absolute Gasteiger partial charge is 0.314 e. The summed E-state index contributed by atoms with van der Waals surface area (Å²) in [6.07, 6.45) is 4.07. The van der Waals surface area contributed by atoms with Gasteiger partial charge in [-0.25, -0.2) is 0 Å². The monoisotopic (exact) mass is 285 g/mol. The molecule has 0 spiro atoms. The van der Waals surface area contributed by atoms with Gasteiger partial charge in [-0.3, -0.25) is 9.80 Å². The first-order valence-corrected chi connectivity index (χ1v) is 8.56. The van der Waals surface area contributed by atoms with Gasteiger partial charge in [0.25, 0.3) is 0 Å². The number of benzene rings is 1. The van der Waals surface area contributed by atoms with E-state index in [1.54, 1.807) is 0 Å². The Kier molecular flexibility index (Phi) is 3.74. The highest BCUT2D eigenvalue weighted by molar-refractivity contribution is 5.16. The average molecular weight is 285 g/mol. The molecule has 3 nitrogen and oxygen atoms in total. The molecule has 0 aromatic heterocycles. The topological polar surface area (TPSA) is 18.5 Å². The zero-order chi connectivity index (χ0) is 14.2. The van der Waals surface area contributed by atoms with Crippen molar-refractivity contribution in [2.24, 2.45) is 0 Å². The van der Waals surface area contributed by atoms with Crippen LogP contribution in [0.2, 0.25) is 0 Å². The minimum Gasteiger partial charge on any atom is -0.314 e. The van der Waals surface area contributed by atoms with Crippen LogP contribution < -0.4 is 5.32 Å². The Balaban J connectivity index is 1.37. The standard InChI is InChI=1S/C18H27N3/c1-14-9-16(7-8-19-14)21-13-17-10-18(21)12-20(17)11-15-5-3-2-4-6-15/h2-6,14,16-19H,7-13H2,1H3. The van der Waals surface area contributed by atoms with Gasteiger partial charge in [-0.15, -0.1) is 0 Å². The van der Waals surface area contributed by atoms with Gasteiger partial charge in [0, 0.05) is 43.8 Å². The highest BCUT2D eigenvalue weighted by Gasteiger charge is 2.45. The van der Waals surface area contributed by atoms with Crippen molar-refractivity contribution in [2.45, 2.75) is 56.9 Å². The van der Waals surface area contributed by atoms with Crippen molar-refractivity contribution in [1.29, 1.82) is 0 Å². The highest BCUT2D eigenvalue weighted by atomic mass is 15.4. The first-order chi connectivity index (χ1) is 10.3. The smallest absolute Gasteiger partial charge is 0.0242 e. The Morgan fingerprint density at radius 1 is 1.05 bits per heavy atom. The second kappa shape index (κ2) is 5.71. The van der Waals surface area contributed by atoms with E-state index in [-0.39, 0.29) is 0 Å². The molecule has 21 heavy (non-hydrogen) atoms. The molecular weight excluding hydrogens is 258 g/mol. The lowest BCUT2D eigenvalue weighted by molar-refractivity contribution is 0.0679. The van der Waals surface area contributed by atoms with E-state index in [2.05, 4.69) is 52.4 Å². The molecule has 0 aliphatic carbocycles. The van der Waals surface area contributed by atoms with E-state index in [4.69, 9.17) is 0 Å². The average Bonchev–Trinajstić information content (AvgIpc) is 3.08. The molecule has 2 bridgehead atoms. The van der Waals surface area contributed by atoms with Gasteiger partial charge in [0.15, 0.2) is 0 Å². The van der Waals surface area contributed by atoms with Crippen molar-refractivity contribution in [3.63, 3.8) is 0 Å². The molecule has 3 aliphatic heterocycles. The summed E-state index contributed by atoms with van der Waals surface area (Å²) in [5.74, 6) is 0. The van der Waals surface area contributed by atoms with Crippen LogP contribution in [-0.4, -0.2) is 53.6 Å². The third-order valence-corrected chi connectivity index (χ3v) is 5.69. The summed E-state index contributed by atoms with van der Waals surface area (Å²) in [6, 6.07) is 14.1. The van der Waals surface area contributed by atoms with E-state index >= 15 is 0 Å². The number of hydrogen-bond donors (Lipinski definition) is 1. The SMILES string of the molecule is CC1CC(N2CC3CC2CN3Cc2ccccc2)CCN1. The summed E-state index contributed by atoms with van der Waals surface area (Å²) in [5.41, 5.74) is 1.46. The number of nitrogens with one attached hydrogen (secondary N) is 1. The van der Waals surface area contributed by atoms with Crippen LogP contribution in [0.15, 0.2) is 30.3 Å². The molecule has 1 aromatic carbocycles. The lowest BCUT2D eigenvalue weighted by atomic mass is 9.98. The van der Waals surface area contributed by atoms with Gasteiger partial charge >= 0.3 is 0 Å². The second-order valence-electron chi connectivity index (χ2n) is 7.19. The fourth-order valence-electron chi connectivity index (χ4n) is 4.65. The summed E-state index contributed by atoms with van der Waals surface area (Å²) in [7, 11) is 0. The fourth-order valence-corrected chi connectivity index (χ4v) is 4.65. The predicted molar refractivity (Wildman–Crippen MR) is 86.2 cm³/mol. The maximum atomic E-state index is 3.58. The van der Waals surface area contributed by atoms with Gasteiger partial charge in [0.2, 0.25) is 0 Å². The van der Waals surface area contributed by atoms with Gasteiger partial charge in [0.1, 0.15) is 0 Å². The van der Waals surface area contributed by atoms with Crippen molar-refractivity contribution in [3.05, 3.63) is 35.9 Å². The normalized spacial score (nSPS) is 37.2. The zero-order valence-corrected chi connectivity index (χ0v) is 13.0. The summed E-state index contributed by atoms with van der Waals surface area (Å²) in [4.78, 5) is 5.55. The van der Waals surface area contributed by atoms with Crippen LogP contribution in [-0.2, 0) is 6.54 Å². The van der Waals surface area contributed by atoms with Crippen LogP contribution in [0.5, 0.6) is 0 Å². The lowest BCUT2D eigenvalue weighted by Gasteiger charge is -2.42. The number of piperidine rings is 1. The van der Waals surface area contributed by atoms with Crippen LogP contribution in [0.1, 0.15) is 31.7 Å². The van der Waals surface area contributed by atoms with Crippen molar-refractivity contribution in [2.75, 3.05) is 19.6 Å². The molecule has 0 saturated carbocycles. The minimum absolute atomic E-state index is 0.697. The Morgan fingerprint density at radius 3 is 2.62 bits per heavy atom. The Labute approximate surface area is 128 Å². The summed E-state index contributed by atoms with van der Waals surface area (Å²) in [6.45, 7) is 7.25. The predicted octanol–water partition coefficient (Wildman–Crippen LogP) is 2.09. The third kappa shape index (κ3) is 2.75. The van der Waals surface area contributed by atoms with E-state index in [0.29, 0.717) is 6.04 Å². The first-order valence-electron chi connectivity index (χ1n) is 8.56. The maximum absolute atomic E-state index is 3.58. The van der Waals surface area contributed by atoms with E-state index in [1.807, 2.05) is 0 Å². The first kappa shape index (κ1) is 13.7. The second-order valence-corrected chi connectivity index (χ2v) is 7.19. The molecule has 4 unspecified atom stereocenters. The van der Waals surface area contributed by atoms with E-state index in [0.717, 1.165) is 24.7 Å². The van der Waals surface area contributed by atoms with Crippen LogP contribution in [0.4, 0.5) is 0 Å². The van der Waals surface area contributed by atoms with Crippen LogP contribution in [0, 0.1) is 0 Å². The summed E-state index contributed by atoms with van der Waals surface area (Å²) in [5, 5.41) is 3.58. The fraction of sp³-hybridized carbons (Fsp3) is 0.667. The molecule has 0 amide bonds. The van der Waals surface area contributed by atoms with Crippen molar-refractivity contribution in [3.8, 4) is 0 Å². The van der Waals surface area contributed by atoms with Gasteiger partial charge in [-0.05, 0) is 38.3 Å². The zero-order valence-electron chi connectivity index (χ0n) is 13.0. The van der Waals surface area contributed by atoms with Crippen LogP contribution in [0.25, 0.3) is 0 Å². The number of nitrogens with zero attached hydrogens (tertiary/aromatic N) is 2. The van der Waals surface area contributed by atoms with Crippen molar-refractivity contribution in [1.82, 2.24) is 15.1 Å². The van der Waals surface area contributed by atoms with Crippen molar-refractivity contribution >= 4 is 0 Å². The number of piperazine rings is 1. The Hall–Kier alpha value is -0.900.